The number of aryl methyl sites for hydroxylation is 1. The highest BCUT2D eigenvalue weighted by Gasteiger charge is 2.17. The van der Waals surface area contributed by atoms with Gasteiger partial charge in [-0.3, -0.25) is 4.90 Å². The first-order valence-electron chi connectivity index (χ1n) is 10.6. The Morgan fingerprint density at radius 2 is 1.80 bits per heavy atom. The number of hydrogen-bond donors (Lipinski definition) is 2. The standard InChI is InChI=1S/C23H32N4O2S/c1-30(29)22-12-11-19(18-21(22)25-23(24)28)8-4-3-7-13-26-14-16-27(17-15-26)20-9-5-2-6-10-20/h2,5-6,9-12,18H,3-4,7-8,13-17H2,1H3,(H3,24,25,28). The van der Waals surface area contributed by atoms with Gasteiger partial charge in [-0.25, -0.2) is 4.79 Å². The normalized spacial score (nSPS) is 15.7. The largest absolute Gasteiger partial charge is 0.612 e. The Kier molecular flexibility index (Phi) is 8.42. The number of rotatable bonds is 9. The molecule has 0 bridgehead atoms. The molecule has 1 unspecified atom stereocenters. The number of carbonyl (C=O) groups excluding carboxylic acids is 1. The topological polar surface area (TPSA) is 84.7 Å². The monoisotopic (exact) mass is 428 g/mol. The van der Waals surface area contributed by atoms with Gasteiger partial charge in [-0.15, -0.1) is 0 Å². The van der Waals surface area contributed by atoms with Crippen LogP contribution in [-0.2, 0) is 17.6 Å². The van der Waals surface area contributed by atoms with Crippen molar-refractivity contribution in [3.05, 3.63) is 54.1 Å². The van der Waals surface area contributed by atoms with Gasteiger partial charge in [0.25, 0.3) is 0 Å². The number of primary amides is 1. The van der Waals surface area contributed by atoms with Crippen LogP contribution >= 0.6 is 0 Å². The summed E-state index contributed by atoms with van der Waals surface area (Å²) in [5.74, 6) is 0. The fraction of sp³-hybridized carbons (Fsp3) is 0.435. The number of anilines is 2. The Labute approximate surface area is 182 Å². The zero-order chi connectivity index (χ0) is 21.3. The summed E-state index contributed by atoms with van der Waals surface area (Å²) in [5, 5.41) is 2.59. The number of carbonyl (C=O) groups is 1. The second-order valence-corrected chi connectivity index (χ2v) is 9.10. The minimum absolute atomic E-state index is 0.553. The third kappa shape index (κ3) is 6.65. The number of benzene rings is 2. The molecule has 2 aromatic rings. The first-order valence-corrected chi connectivity index (χ1v) is 12.1. The molecule has 3 rings (SSSR count). The predicted molar refractivity (Wildman–Crippen MR) is 125 cm³/mol. The van der Waals surface area contributed by atoms with Gasteiger partial charge in [0.15, 0.2) is 4.90 Å². The maximum Gasteiger partial charge on any atom is 0.316 e. The van der Waals surface area contributed by atoms with E-state index >= 15 is 0 Å². The van der Waals surface area contributed by atoms with Crippen LogP contribution in [0.1, 0.15) is 24.8 Å². The van der Waals surface area contributed by atoms with E-state index in [-0.39, 0.29) is 0 Å². The Balaban J connectivity index is 1.37. The van der Waals surface area contributed by atoms with Crippen molar-refractivity contribution in [2.75, 3.05) is 49.2 Å². The number of unbranched alkanes of at least 4 members (excludes halogenated alkanes) is 2. The van der Waals surface area contributed by atoms with Gasteiger partial charge in [0.05, 0.1) is 5.69 Å². The van der Waals surface area contributed by atoms with Crippen LogP contribution in [-0.4, -0.2) is 54.5 Å². The quantitative estimate of drug-likeness (QED) is 0.473. The molecule has 162 valence electrons. The highest BCUT2D eigenvalue weighted by atomic mass is 32.2. The fourth-order valence-corrected chi connectivity index (χ4v) is 4.60. The van der Waals surface area contributed by atoms with Gasteiger partial charge >= 0.3 is 6.03 Å². The molecule has 1 heterocycles. The fourth-order valence-electron chi connectivity index (χ4n) is 3.92. The lowest BCUT2D eigenvalue weighted by molar-refractivity contribution is 0.252. The molecule has 0 aromatic heterocycles. The molecule has 30 heavy (non-hydrogen) atoms. The summed E-state index contributed by atoms with van der Waals surface area (Å²) >= 11 is -1.17. The number of hydrogen-bond acceptors (Lipinski definition) is 4. The van der Waals surface area contributed by atoms with E-state index in [1.807, 2.05) is 18.2 Å². The molecule has 7 heteroatoms. The molecule has 1 fully saturated rings. The molecule has 1 atom stereocenters. The van der Waals surface area contributed by atoms with Crippen molar-refractivity contribution in [2.45, 2.75) is 30.6 Å². The van der Waals surface area contributed by atoms with E-state index in [2.05, 4.69) is 45.4 Å². The first-order chi connectivity index (χ1) is 14.5. The minimum atomic E-state index is -1.17. The summed E-state index contributed by atoms with van der Waals surface area (Å²) in [5.41, 5.74) is 8.24. The average Bonchev–Trinajstić information content (AvgIpc) is 2.74. The van der Waals surface area contributed by atoms with Crippen molar-refractivity contribution in [2.24, 2.45) is 5.73 Å². The van der Waals surface area contributed by atoms with Gasteiger partial charge in [-0.1, -0.05) is 30.7 Å². The average molecular weight is 429 g/mol. The molecule has 1 saturated heterocycles. The van der Waals surface area contributed by atoms with Crippen molar-refractivity contribution in [3.63, 3.8) is 0 Å². The van der Waals surface area contributed by atoms with Gasteiger partial charge in [0.2, 0.25) is 0 Å². The maximum absolute atomic E-state index is 11.8. The summed E-state index contributed by atoms with van der Waals surface area (Å²) in [6, 6.07) is 15.7. The lowest BCUT2D eigenvalue weighted by atomic mass is 10.1. The second kappa shape index (κ2) is 11.2. The van der Waals surface area contributed by atoms with Gasteiger partial charge in [-0.2, -0.15) is 0 Å². The Hall–Kier alpha value is -2.22. The number of nitrogens with zero attached hydrogens (tertiary/aromatic N) is 2. The van der Waals surface area contributed by atoms with Crippen LogP contribution in [0.15, 0.2) is 53.4 Å². The van der Waals surface area contributed by atoms with E-state index in [0.717, 1.165) is 51.1 Å². The molecule has 0 spiro atoms. The second-order valence-electron chi connectivity index (χ2n) is 7.75. The van der Waals surface area contributed by atoms with Crippen LogP contribution in [0.25, 0.3) is 0 Å². The zero-order valence-corrected chi connectivity index (χ0v) is 18.5. The zero-order valence-electron chi connectivity index (χ0n) is 17.7. The lowest BCUT2D eigenvalue weighted by Gasteiger charge is -2.36. The molecule has 0 aliphatic carbocycles. The summed E-state index contributed by atoms with van der Waals surface area (Å²) in [7, 11) is 0. The maximum atomic E-state index is 11.8. The van der Waals surface area contributed by atoms with Crippen LogP contribution in [0.2, 0.25) is 0 Å². The van der Waals surface area contributed by atoms with Crippen molar-refractivity contribution in [1.29, 1.82) is 0 Å². The van der Waals surface area contributed by atoms with E-state index in [9.17, 15) is 9.35 Å². The van der Waals surface area contributed by atoms with Crippen LogP contribution in [0.3, 0.4) is 0 Å². The SMILES string of the molecule is C[S+]([O-])c1ccc(CCCCCN2CCN(c3ccccc3)CC2)cc1NC(N)=O. The molecule has 2 aromatic carbocycles. The van der Waals surface area contributed by atoms with Gasteiger partial charge in [-0.05, 0) is 66.8 Å². The molecule has 0 radical (unpaired) electrons. The number of urea groups is 1. The van der Waals surface area contributed by atoms with E-state index in [4.69, 9.17) is 5.73 Å². The third-order valence-corrected chi connectivity index (χ3v) is 6.52. The molecule has 3 N–H and O–H groups in total. The molecule has 1 aliphatic rings. The van der Waals surface area contributed by atoms with Crippen LogP contribution in [0, 0.1) is 0 Å². The van der Waals surface area contributed by atoms with Crippen molar-refractivity contribution < 1.29 is 9.35 Å². The number of nitrogens with two attached hydrogens (primary N) is 1. The molecule has 1 aliphatic heterocycles. The Bertz CT molecular complexity index is 808. The summed E-state index contributed by atoms with van der Waals surface area (Å²) in [6.45, 7) is 5.56. The van der Waals surface area contributed by atoms with E-state index in [0.29, 0.717) is 10.6 Å². The molecule has 2 amide bonds. The van der Waals surface area contributed by atoms with Gasteiger partial charge < -0.3 is 20.5 Å². The summed E-state index contributed by atoms with van der Waals surface area (Å²) in [6.07, 6.45) is 5.98. The number of nitrogens with one attached hydrogen (secondary N) is 1. The minimum Gasteiger partial charge on any atom is -0.612 e. The van der Waals surface area contributed by atoms with Crippen LogP contribution in [0.5, 0.6) is 0 Å². The smallest absolute Gasteiger partial charge is 0.316 e. The predicted octanol–water partition coefficient (Wildman–Crippen LogP) is 3.45. The van der Waals surface area contributed by atoms with Crippen LogP contribution in [0.4, 0.5) is 16.2 Å². The molecule has 6 nitrogen and oxygen atoms in total. The molecule has 0 saturated carbocycles. The van der Waals surface area contributed by atoms with E-state index in [1.165, 1.54) is 18.5 Å². The van der Waals surface area contributed by atoms with Crippen molar-refractivity contribution >= 4 is 28.6 Å². The number of amides is 2. The highest BCUT2D eigenvalue weighted by molar-refractivity contribution is 7.90. The molecular weight excluding hydrogens is 396 g/mol. The van der Waals surface area contributed by atoms with Crippen molar-refractivity contribution in [3.8, 4) is 0 Å². The third-order valence-electron chi connectivity index (χ3n) is 5.54. The van der Waals surface area contributed by atoms with E-state index < -0.39 is 17.2 Å². The Morgan fingerprint density at radius 1 is 1.07 bits per heavy atom. The first kappa shape index (κ1) is 22.5. The molecular formula is C23H32N4O2S. The van der Waals surface area contributed by atoms with Gasteiger partial charge in [0.1, 0.15) is 6.26 Å². The van der Waals surface area contributed by atoms with Gasteiger partial charge in [0, 0.05) is 31.9 Å². The summed E-state index contributed by atoms with van der Waals surface area (Å²) in [4.78, 5) is 16.8. The van der Waals surface area contributed by atoms with Crippen molar-refractivity contribution in [1.82, 2.24) is 4.90 Å². The highest BCUT2D eigenvalue weighted by Crippen LogP contribution is 2.24. The van der Waals surface area contributed by atoms with Crippen LogP contribution < -0.4 is 16.0 Å². The lowest BCUT2D eigenvalue weighted by Crippen LogP contribution is -2.46. The van der Waals surface area contributed by atoms with E-state index in [1.54, 1.807) is 6.26 Å². The number of para-hydroxylation sites is 1. The summed E-state index contributed by atoms with van der Waals surface area (Å²) < 4.78 is 11.8. The Morgan fingerprint density at radius 3 is 2.47 bits per heavy atom. The number of piperazine rings is 1.